The van der Waals surface area contributed by atoms with Crippen LogP contribution in [0.15, 0.2) is 36.4 Å². The van der Waals surface area contributed by atoms with Crippen molar-refractivity contribution in [3.63, 3.8) is 0 Å². The second kappa shape index (κ2) is 6.35. The molecular weight excluding hydrogens is 330 g/mol. The molecule has 0 radical (unpaired) electrons. The van der Waals surface area contributed by atoms with Crippen LogP contribution in [0.5, 0.6) is 11.5 Å². The van der Waals surface area contributed by atoms with E-state index in [1.54, 1.807) is 18.2 Å². The fourth-order valence-electron chi connectivity index (χ4n) is 2.68. The SMILES string of the molecule is CC(C)(Oc1cc2c(cc1-c1cccc(C(F)F)c1)CCO2)C(=O)O. The Morgan fingerprint density at radius 1 is 1.28 bits per heavy atom. The van der Waals surface area contributed by atoms with Crippen LogP contribution in [0.1, 0.15) is 31.4 Å². The Labute approximate surface area is 144 Å². The summed E-state index contributed by atoms with van der Waals surface area (Å²) in [5.74, 6) is -0.203. The van der Waals surface area contributed by atoms with Crippen molar-refractivity contribution in [1.82, 2.24) is 0 Å². The zero-order valence-electron chi connectivity index (χ0n) is 13.9. The summed E-state index contributed by atoms with van der Waals surface area (Å²) in [7, 11) is 0. The minimum atomic E-state index is -2.59. The maximum atomic E-state index is 13.0. The summed E-state index contributed by atoms with van der Waals surface area (Å²) >= 11 is 0. The number of ether oxygens (including phenoxy) is 2. The van der Waals surface area contributed by atoms with Crippen molar-refractivity contribution in [2.75, 3.05) is 6.61 Å². The Morgan fingerprint density at radius 3 is 2.72 bits per heavy atom. The molecule has 0 bridgehead atoms. The van der Waals surface area contributed by atoms with Gasteiger partial charge in [-0.2, -0.15) is 0 Å². The van der Waals surface area contributed by atoms with Crippen LogP contribution in [-0.2, 0) is 11.2 Å². The van der Waals surface area contributed by atoms with Gasteiger partial charge in [0.05, 0.1) is 6.61 Å². The van der Waals surface area contributed by atoms with Gasteiger partial charge in [0.25, 0.3) is 6.43 Å². The lowest BCUT2D eigenvalue weighted by molar-refractivity contribution is -0.152. The van der Waals surface area contributed by atoms with Crippen LogP contribution < -0.4 is 9.47 Å². The number of fused-ring (bicyclic) bond motifs is 1. The first kappa shape index (κ1) is 17.2. The van der Waals surface area contributed by atoms with Gasteiger partial charge in [0.15, 0.2) is 5.60 Å². The van der Waals surface area contributed by atoms with E-state index in [0.717, 1.165) is 5.56 Å². The maximum absolute atomic E-state index is 13.0. The quantitative estimate of drug-likeness (QED) is 0.866. The summed E-state index contributed by atoms with van der Waals surface area (Å²) in [6, 6.07) is 9.45. The number of halogens is 2. The van der Waals surface area contributed by atoms with Gasteiger partial charge >= 0.3 is 5.97 Å². The molecule has 0 aliphatic carbocycles. The highest BCUT2D eigenvalue weighted by Crippen LogP contribution is 2.40. The van der Waals surface area contributed by atoms with E-state index in [9.17, 15) is 18.7 Å². The Bertz CT molecular complexity index is 815. The first-order valence-corrected chi connectivity index (χ1v) is 7.88. The van der Waals surface area contributed by atoms with Gasteiger partial charge in [-0.05, 0) is 37.1 Å². The monoisotopic (exact) mass is 348 g/mol. The molecule has 0 spiro atoms. The standard InChI is InChI=1S/C19H18F2O4/c1-19(2,18(22)23)25-16-10-15-12(6-7-24-15)9-14(16)11-4-3-5-13(8-11)17(20)21/h3-5,8-10,17H,6-7H2,1-2H3,(H,22,23). The van der Waals surface area contributed by atoms with E-state index >= 15 is 0 Å². The lowest BCUT2D eigenvalue weighted by Crippen LogP contribution is -2.38. The Hall–Kier alpha value is -2.63. The van der Waals surface area contributed by atoms with E-state index in [1.165, 1.54) is 26.0 Å². The first-order chi connectivity index (χ1) is 11.8. The second-order valence-electron chi connectivity index (χ2n) is 6.40. The summed E-state index contributed by atoms with van der Waals surface area (Å²) in [5, 5.41) is 9.32. The van der Waals surface area contributed by atoms with Crippen molar-refractivity contribution in [1.29, 1.82) is 0 Å². The zero-order chi connectivity index (χ0) is 18.2. The molecule has 0 saturated carbocycles. The van der Waals surface area contributed by atoms with E-state index in [1.807, 2.05) is 6.07 Å². The maximum Gasteiger partial charge on any atom is 0.347 e. The minimum Gasteiger partial charge on any atom is -0.493 e. The molecular formula is C19H18F2O4. The third-order valence-corrected chi connectivity index (χ3v) is 4.12. The predicted molar refractivity (Wildman–Crippen MR) is 88.4 cm³/mol. The van der Waals surface area contributed by atoms with Gasteiger partial charge < -0.3 is 14.6 Å². The van der Waals surface area contributed by atoms with Crippen molar-refractivity contribution in [2.24, 2.45) is 0 Å². The van der Waals surface area contributed by atoms with E-state index < -0.39 is 18.0 Å². The highest BCUT2D eigenvalue weighted by atomic mass is 19.3. The van der Waals surface area contributed by atoms with Crippen molar-refractivity contribution >= 4 is 5.97 Å². The summed E-state index contributed by atoms with van der Waals surface area (Å²) in [6.45, 7) is 3.39. The summed E-state index contributed by atoms with van der Waals surface area (Å²) in [4.78, 5) is 11.4. The molecule has 1 aliphatic heterocycles. The first-order valence-electron chi connectivity index (χ1n) is 7.88. The molecule has 6 heteroatoms. The third-order valence-electron chi connectivity index (χ3n) is 4.12. The predicted octanol–water partition coefficient (Wildman–Crippen LogP) is 4.47. The summed E-state index contributed by atoms with van der Waals surface area (Å²) < 4.78 is 37.3. The molecule has 4 nitrogen and oxygen atoms in total. The van der Waals surface area contributed by atoms with E-state index in [4.69, 9.17) is 9.47 Å². The number of carboxylic acids is 1. The van der Waals surface area contributed by atoms with Gasteiger partial charge in [-0.15, -0.1) is 0 Å². The number of rotatable bonds is 5. The van der Waals surface area contributed by atoms with Crippen LogP contribution in [0.25, 0.3) is 11.1 Å². The largest absolute Gasteiger partial charge is 0.493 e. The van der Waals surface area contributed by atoms with Crippen LogP contribution in [0, 0.1) is 0 Å². The van der Waals surface area contributed by atoms with Crippen LogP contribution in [0.2, 0.25) is 0 Å². The molecule has 1 heterocycles. The van der Waals surface area contributed by atoms with Crippen LogP contribution in [0.4, 0.5) is 8.78 Å². The second-order valence-corrected chi connectivity index (χ2v) is 6.40. The molecule has 1 N–H and O–H groups in total. The lowest BCUT2D eigenvalue weighted by atomic mass is 9.98. The molecule has 0 saturated heterocycles. The molecule has 0 atom stereocenters. The molecule has 2 aromatic rings. The zero-order valence-corrected chi connectivity index (χ0v) is 13.9. The number of hydrogen-bond donors (Lipinski definition) is 1. The van der Waals surface area contributed by atoms with Crippen LogP contribution in [-0.4, -0.2) is 23.3 Å². The molecule has 1 aliphatic rings. The van der Waals surface area contributed by atoms with E-state index in [-0.39, 0.29) is 5.56 Å². The van der Waals surface area contributed by atoms with Crippen molar-refractivity contribution in [3.8, 4) is 22.6 Å². The Morgan fingerprint density at radius 2 is 2.04 bits per heavy atom. The van der Waals surface area contributed by atoms with Crippen molar-refractivity contribution in [3.05, 3.63) is 47.5 Å². The number of hydrogen-bond acceptors (Lipinski definition) is 3. The van der Waals surface area contributed by atoms with Gasteiger partial charge in [0.2, 0.25) is 0 Å². The molecule has 132 valence electrons. The van der Waals surface area contributed by atoms with Crippen molar-refractivity contribution < 1.29 is 28.2 Å². The minimum absolute atomic E-state index is 0.0994. The molecule has 3 rings (SSSR count). The van der Waals surface area contributed by atoms with E-state index in [2.05, 4.69) is 0 Å². The molecule has 0 aromatic heterocycles. The molecule has 25 heavy (non-hydrogen) atoms. The van der Waals surface area contributed by atoms with Gasteiger partial charge in [0.1, 0.15) is 11.5 Å². The van der Waals surface area contributed by atoms with Crippen LogP contribution in [0.3, 0.4) is 0 Å². The van der Waals surface area contributed by atoms with Crippen molar-refractivity contribution in [2.45, 2.75) is 32.3 Å². The number of carbonyl (C=O) groups is 1. The van der Waals surface area contributed by atoms with E-state index in [0.29, 0.717) is 35.7 Å². The number of benzene rings is 2. The molecule has 0 amide bonds. The fraction of sp³-hybridized carbons (Fsp3) is 0.316. The number of aliphatic carboxylic acids is 1. The average Bonchev–Trinajstić information content (AvgIpc) is 3.01. The lowest BCUT2D eigenvalue weighted by Gasteiger charge is -2.24. The summed E-state index contributed by atoms with van der Waals surface area (Å²) in [5.41, 5.74) is 0.488. The van der Waals surface area contributed by atoms with Crippen LogP contribution >= 0.6 is 0 Å². The van der Waals surface area contributed by atoms with Gasteiger partial charge in [-0.3, -0.25) is 0 Å². The average molecular weight is 348 g/mol. The van der Waals surface area contributed by atoms with Gasteiger partial charge in [0, 0.05) is 23.6 Å². The fourth-order valence-corrected chi connectivity index (χ4v) is 2.68. The smallest absolute Gasteiger partial charge is 0.347 e. The Balaban J connectivity index is 2.11. The molecule has 0 unspecified atom stereocenters. The Kier molecular flexibility index (Phi) is 4.37. The highest BCUT2D eigenvalue weighted by Gasteiger charge is 2.31. The number of carboxylic acid groups (broad SMARTS) is 1. The third kappa shape index (κ3) is 3.43. The molecule has 0 fully saturated rings. The summed E-state index contributed by atoms with van der Waals surface area (Å²) in [6.07, 6.45) is -1.88. The highest BCUT2D eigenvalue weighted by molar-refractivity contribution is 5.79. The topological polar surface area (TPSA) is 55.8 Å². The molecule has 2 aromatic carbocycles. The number of alkyl halides is 2. The van der Waals surface area contributed by atoms with Gasteiger partial charge in [-0.25, -0.2) is 13.6 Å². The van der Waals surface area contributed by atoms with Gasteiger partial charge in [-0.1, -0.05) is 18.2 Å². The normalized spacial score (nSPS) is 13.5.